The summed E-state index contributed by atoms with van der Waals surface area (Å²) in [7, 11) is 0. The number of aryl methyl sites for hydroxylation is 1. The van der Waals surface area contributed by atoms with Crippen LogP contribution in [0.15, 0.2) is 24.3 Å². The van der Waals surface area contributed by atoms with Crippen molar-refractivity contribution < 1.29 is 0 Å². The van der Waals surface area contributed by atoms with Crippen LogP contribution in [0.2, 0.25) is 5.02 Å². The molecule has 2 aromatic heterocycles. The van der Waals surface area contributed by atoms with Crippen molar-refractivity contribution in [3.8, 4) is 0 Å². The first kappa shape index (κ1) is 13.8. The third-order valence-corrected chi connectivity index (χ3v) is 4.90. The summed E-state index contributed by atoms with van der Waals surface area (Å²) >= 11 is 6.42. The molecule has 1 aromatic carbocycles. The molecule has 0 aliphatic carbocycles. The summed E-state index contributed by atoms with van der Waals surface area (Å²) < 4.78 is 1.87. The molecule has 4 rings (SSSR count). The molecule has 0 N–H and O–H groups in total. The molecule has 0 radical (unpaired) electrons. The first-order chi connectivity index (χ1) is 10.8. The lowest BCUT2D eigenvalue weighted by atomic mass is 10.2. The predicted octanol–water partition coefficient (Wildman–Crippen LogP) is 4.22. The molecule has 114 valence electrons. The van der Waals surface area contributed by atoms with E-state index in [0.29, 0.717) is 5.02 Å². The number of fused-ring (bicyclic) bond motifs is 3. The topological polar surface area (TPSA) is 33.4 Å². The zero-order valence-corrected chi connectivity index (χ0v) is 13.5. The average Bonchev–Trinajstić information content (AvgIpc) is 2.75. The second-order valence-corrected chi connectivity index (χ2v) is 6.37. The minimum atomic E-state index is 0.654. The molecule has 1 saturated heterocycles. The number of nitrogens with zero attached hydrogens (tertiary/aromatic N) is 4. The van der Waals surface area contributed by atoms with Gasteiger partial charge in [0, 0.05) is 18.5 Å². The fourth-order valence-electron chi connectivity index (χ4n) is 3.29. The number of anilines is 1. The van der Waals surface area contributed by atoms with E-state index in [1.165, 1.54) is 25.7 Å². The van der Waals surface area contributed by atoms with E-state index in [9.17, 15) is 0 Å². The molecule has 4 nitrogen and oxygen atoms in total. The number of rotatable bonds is 1. The van der Waals surface area contributed by atoms with E-state index in [-0.39, 0.29) is 0 Å². The van der Waals surface area contributed by atoms with E-state index in [4.69, 9.17) is 16.6 Å². The van der Waals surface area contributed by atoms with Gasteiger partial charge in [-0.2, -0.15) is 5.10 Å². The van der Waals surface area contributed by atoms with E-state index in [1.54, 1.807) is 0 Å². The molecule has 1 aliphatic heterocycles. The van der Waals surface area contributed by atoms with Crippen LogP contribution in [-0.4, -0.2) is 27.7 Å². The first-order valence-electron chi connectivity index (χ1n) is 7.94. The SMILES string of the molecule is Cc1nn2c(nc(N3CCCCCC3)c3ccccc32)c1Cl. The van der Waals surface area contributed by atoms with Crippen molar-refractivity contribution in [1.82, 2.24) is 14.6 Å². The summed E-state index contributed by atoms with van der Waals surface area (Å²) in [6.07, 6.45) is 5.08. The minimum Gasteiger partial charge on any atom is -0.356 e. The van der Waals surface area contributed by atoms with Gasteiger partial charge in [0.1, 0.15) is 10.8 Å². The van der Waals surface area contributed by atoms with Gasteiger partial charge in [0.05, 0.1) is 11.2 Å². The monoisotopic (exact) mass is 314 g/mol. The Bertz CT molecular complexity index is 831. The molecule has 22 heavy (non-hydrogen) atoms. The lowest BCUT2D eigenvalue weighted by molar-refractivity contribution is 0.726. The Balaban J connectivity index is 2.00. The Morgan fingerprint density at radius 1 is 1.05 bits per heavy atom. The highest BCUT2D eigenvalue weighted by molar-refractivity contribution is 6.34. The first-order valence-corrected chi connectivity index (χ1v) is 8.32. The number of benzene rings is 1. The molecule has 0 saturated carbocycles. The largest absolute Gasteiger partial charge is 0.356 e. The van der Waals surface area contributed by atoms with Gasteiger partial charge in [0.25, 0.3) is 0 Å². The summed E-state index contributed by atoms with van der Waals surface area (Å²) in [6, 6.07) is 8.33. The smallest absolute Gasteiger partial charge is 0.176 e. The van der Waals surface area contributed by atoms with Gasteiger partial charge in [-0.25, -0.2) is 9.50 Å². The van der Waals surface area contributed by atoms with E-state index >= 15 is 0 Å². The maximum Gasteiger partial charge on any atom is 0.176 e. The van der Waals surface area contributed by atoms with Crippen molar-refractivity contribution >= 4 is 34.0 Å². The molecule has 0 spiro atoms. The molecule has 1 fully saturated rings. The second-order valence-electron chi connectivity index (χ2n) is 5.99. The van der Waals surface area contributed by atoms with E-state index in [2.05, 4.69) is 28.2 Å². The highest BCUT2D eigenvalue weighted by Gasteiger charge is 2.19. The zero-order valence-electron chi connectivity index (χ0n) is 12.7. The van der Waals surface area contributed by atoms with Crippen LogP contribution in [-0.2, 0) is 0 Å². The molecule has 1 aliphatic rings. The summed E-state index contributed by atoms with van der Waals surface area (Å²) in [5, 5.41) is 6.35. The van der Waals surface area contributed by atoms with Gasteiger partial charge in [-0.15, -0.1) is 0 Å². The fraction of sp³-hybridized carbons (Fsp3) is 0.412. The maximum absolute atomic E-state index is 6.42. The average molecular weight is 315 g/mol. The fourth-order valence-corrected chi connectivity index (χ4v) is 3.45. The van der Waals surface area contributed by atoms with Crippen LogP contribution in [0, 0.1) is 6.92 Å². The van der Waals surface area contributed by atoms with E-state index in [1.807, 2.05) is 17.5 Å². The summed E-state index contributed by atoms with van der Waals surface area (Å²) in [5.74, 6) is 1.05. The van der Waals surface area contributed by atoms with Gasteiger partial charge in [-0.3, -0.25) is 0 Å². The van der Waals surface area contributed by atoms with Crippen LogP contribution in [0.25, 0.3) is 16.6 Å². The van der Waals surface area contributed by atoms with Gasteiger partial charge in [0.2, 0.25) is 0 Å². The number of aromatic nitrogens is 3. The highest BCUT2D eigenvalue weighted by Crippen LogP contribution is 2.31. The molecule has 3 heterocycles. The van der Waals surface area contributed by atoms with Crippen molar-refractivity contribution in [1.29, 1.82) is 0 Å². The molecule has 0 atom stereocenters. The molecule has 5 heteroatoms. The molecular formula is C17H19ClN4. The quantitative estimate of drug-likeness (QED) is 0.674. The maximum atomic E-state index is 6.42. The molecule has 0 unspecified atom stereocenters. The summed E-state index contributed by atoms with van der Waals surface area (Å²) in [5.41, 5.74) is 2.66. The van der Waals surface area contributed by atoms with Gasteiger partial charge >= 0.3 is 0 Å². The van der Waals surface area contributed by atoms with E-state index in [0.717, 1.165) is 41.2 Å². The Hall–Kier alpha value is -1.81. The Kier molecular flexibility index (Phi) is 3.41. The lowest BCUT2D eigenvalue weighted by Crippen LogP contribution is -2.25. The van der Waals surface area contributed by atoms with Crippen LogP contribution < -0.4 is 4.90 Å². The summed E-state index contributed by atoms with van der Waals surface area (Å²) in [4.78, 5) is 7.29. The van der Waals surface area contributed by atoms with Crippen LogP contribution >= 0.6 is 11.6 Å². The lowest BCUT2D eigenvalue weighted by Gasteiger charge is -2.23. The number of hydrogen-bond acceptors (Lipinski definition) is 3. The molecule has 3 aromatic rings. The number of halogens is 1. The Morgan fingerprint density at radius 3 is 2.55 bits per heavy atom. The van der Waals surface area contributed by atoms with Gasteiger partial charge in [0.15, 0.2) is 5.65 Å². The van der Waals surface area contributed by atoms with Crippen LogP contribution in [0.4, 0.5) is 5.82 Å². The van der Waals surface area contributed by atoms with Crippen LogP contribution in [0.5, 0.6) is 0 Å². The molecule has 0 bridgehead atoms. The number of para-hydroxylation sites is 1. The van der Waals surface area contributed by atoms with Gasteiger partial charge in [-0.1, -0.05) is 36.6 Å². The Morgan fingerprint density at radius 2 is 1.77 bits per heavy atom. The van der Waals surface area contributed by atoms with E-state index < -0.39 is 0 Å². The third kappa shape index (κ3) is 2.13. The van der Waals surface area contributed by atoms with Gasteiger partial charge in [-0.05, 0) is 31.9 Å². The molecule has 0 amide bonds. The third-order valence-electron chi connectivity index (χ3n) is 4.46. The Labute approximate surface area is 134 Å². The standard InChI is InChI=1S/C17H19ClN4/c1-12-15(18)17-19-16(21-10-6-2-3-7-11-21)13-8-4-5-9-14(13)22(17)20-12/h4-5,8-9H,2-3,6-7,10-11H2,1H3. The number of hydrogen-bond donors (Lipinski definition) is 0. The van der Waals surface area contributed by atoms with Crippen molar-refractivity contribution in [3.63, 3.8) is 0 Å². The minimum absolute atomic E-state index is 0.654. The van der Waals surface area contributed by atoms with Crippen LogP contribution in [0.1, 0.15) is 31.4 Å². The van der Waals surface area contributed by atoms with Gasteiger partial charge < -0.3 is 4.90 Å². The zero-order chi connectivity index (χ0) is 15.1. The highest BCUT2D eigenvalue weighted by atomic mass is 35.5. The molecular weight excluding hydrogens is 296 g/mol. The van der Waals surface area contributed by atoms with Crippen LogP contribution in [0.3, 0.4) is 0 Å². The van der Waals surface area contributed by atoms with Crippen molar-refractivity contribution in [2.75, 3.05) is 18.0 Å². The normalized spacial score (nSPS) is 16.4. The van der Waals surface area contributed by atoms with Crippen molar-refractivity contribution in [3.05, 3.63) is 35.0 Å². The van der Waals surface area contributed by atoms with Crippen molar-refractivity contribution in [2.24, 2.45) is 0 Å². The summed E-state index contributed by atoms with van der Waals surface area (Å²) in [6.45, 7) is 4.06. The second kappa shape index (κ2) is 5.43. The van der Waals surface area contributed by atoms with Crippen molar-refractivity contribution in [2.45, 2.75) is 32.6 Å². The predicted molar refractivity (Wildman–Crippen MR) is 90.9 cm³/mol.